The van der Waals surface area contributed by atoms with Crippen LogP contribution in [0.3, 0.4) is 0 Å². The molecule has 5 heteroatoms. The lowest BCUT2D eigenvalue weighted by Gasteiger charge is -2.15. The molecule has 0 saturated heterocycles. The maximum absolute atomic E-state index is 9.82. The van der Waals surface area contributed by atoms with E-state index in [2.05, 4.69) is 21.2 Å². The van der Waals surface area contributed by atoms with E-state index in [9.17, 15) is 5.11 Å². The summed E-state index contributed by atoms with van der Waals surface area (Å²) in [6.45, 7) is 8.15. The third-order valence-electron chi connectivity index (χ3n) is 2.63. The second-order valence-corrected chi connectivity index (χ2v) is 5.88. The van der Waals surface area contributed by atoms with Gasteiger partial charge in [0.25, 0.3) is 0 Å². The highest BCUT2D eigenvalue weighted by molar-refractivity contribution is 9.10. The molecule has 0 heterocycles. The molecule has 0 bridgehead atoms. The number of aliphatic hydroxyl groups excluding tert-OH is 1. The van der Waals surface area contributed by atoms with Crippen molar-refractivity contribution >= 4 is 15.9 Å². The molecule has 114 valence electrons. The largest absolute Gasteiger partial charge is 0.490 e. The summed E-state index contributed by atoms with van der Waals surface area (Å²) in [5.41, 5.74) is 1.16. The summed E-state index contributed by atoms with van der Waals surface area (Å²) in [7, 11) is 0. The molecule has 0 aliphatic carbocycles. The number of halogens is 1. The first-order valence-electron chi connectivity index (χ1n) is 6.88. The van der Waals surface area contributed by atoms with Crippen molar-refractivity contribution in [3.05, 3.63) is 28.2 Å². The van der Waals surface area contributed by atoms with E-state index < -0.39 is 6.10 Å². The number of hydrogen-bond donors (Lipinski definition) is 2. The number of nitrogens with one attached hydrogen (secondary N) is 1. The van der Waals surface area contributed by atoms with E-state index in [1.54, 1.807) is 0 Å². The SMILES string of the molecule is Cc1ccc(OCC(O)CNCCOC(C)C)c(Br)c1. The Morgan fingerprint density at radius 1 is 1.35 bits per heavy atom. The van der Waals surface area contributed by atoms with Crippen molar-refractivity contribution in [2.24, 2.45) is 0 Å². The average molecular weight is 346 g/mol. The predicted octanol–water partition coefficient (Wildman–Crippen LogP) is 2.51. The van der Waals surface area contributed by atoms with Gasteiger partial charge in [-0.05, 0) is 54.4 Å². The third-order valence-corrected chi connectivity index (χ3v) is 3.25. The molecule has 0 aromatic heterocycles. The van der Waals surface area contributed by atoms with Crippen LogP contribution in [-0.2, 0) is 4.74 Å². The molecule has 20 heavy (non-hydrogen) atoms. The van der Waals surface area contributed by atoms with Crippen molar-refractivity contribution in [3.8, 4) is 5.75 Å². The Hall–Kier alpha value is -0.620. The van der Waals surface area contributed by atoms with Gasteiger partial charge in [-0.15, -0.1) is 0 Å². The molecule has 4 nitrogen and oxygen atoms in total. The molecule has 1 aromatic carbocycles. The molecule has 2 N–H and O–H groups in total. The number of aryl methyl sites for hydroxylation is 1. The van der Waals surface area contributed by atoms with Gasteiger partial charge < -0.3 is 19.9 Å². The fourth-order valence-corrected chi connectivity index (χ4v) is 2.21. The molecule has 0 spiro atoms. The van der Waals surface area contributed by atoms with Gasteiger partial charge in [-0.2, -0.15) is 0 Å². The van der Waals surface area contributed by atoms with E-state index in [1.165, 1.54) is 0 Å². The molecule has 1 atom stereocenters. The summed E-state index contributed by atoms with van der Waals surface area (Å²) in [5.74, 6) is 0.748. The highest BCUT2D eigenvalue weighted by atomic mass is 79.9. The summed E-state index contributed by atoms with van der Waals surface area (Å²) in [6.07, 6.45) is -0.300. The van der Waals surface area contributed by atoms with Crippen LogP contribution in [0.2, 0.25) is 0 Å². The molecular formula is C15H24BrNO3. The van der Waals surface area contributed by atoms with Gasteiger partial charge in [-0.1, -0.05) is 6.07 Å². The minimum atomic E-state index is -0.540. The fraction of sp³-hybridized carbons (Fsp3) is 0.600. The molecule has 0 aliphatic heterocycles. The van der Waals surface area contributed by atoms with E-state index in [1.807, 2.05) is 39.0 Å². The second kappa shape index (κ2) is 9.34. The molecule has 1 unspecified atom stereocenters. The van der Waals surface area contributed by atoms with Gasteiger partial charge in [-0.25, -0.2) is 0 Å². The Labute approximate surface area is 129 Å². The van der Waals surface area contributed by atoms with Crippen LogP contribution in [0.15, 0.2) is 22.7 Å². The molecule has 0 radical (unpaired) electrons. The van der Waals surface area contributed by atoms with E-state index in [4.69, 9.17) is 9.47 Å². The smallest absolute Gasteiger partial charge is 0.133 e. The Morgan fingerprint density at radius 2 is 2.10 bits per heavy atom. The first-order valence-corrected chi connectivity index (χ1v) is 7.67. The first kappa shape index (κ1) is 17.4. The average Bonchev–Trinajstić information content (AvgIpc) is 2.37. The van der Waals surface area contributed by atoms with Crippen LogP contribution in [0.1, 0.15) is 19.4 Å². The maximum Gasteiger partial charge on any atom is 0.133 e. The fourth-order valence-electron chi connectivity index (χ4n) is 1.60. The van der Waals surface area contributed by atoms with Gasteiger partial charge >= 0.3 is 0 Å². The van der Waals surface area contributed by atoms with E-state index in [0.29, 0.717) is 13.2 Å². The number of benzene rings is 1. The number of hydrogen-bond acceptors (Lipinski definition) is 4. The van der Waals surface area contributed by atoms with Gasteiger partial charge in [0.15, 0.2) is 0 Å². The van der Waals surface area contributed by atoms with Crippen molar-refractivity contribution in [3.63, 3.8) is 0 Å². The topological polar surface area (TPSA) is 50.7 Å². The van der Waals surface area contributed by atoms with Gasteiger partial charge in [0.2, 0.25) is 0 Å². The van der Waals surface area contributed by atoms with Crippen molar-refractivity contribution in [2.75, 3.05) is 26.3 Å². The van der Waals surface area contributed by atoms with Gasteiger partial charge in [0, 0.05) is 13.1 Å². The number of rotatable bonds is 9. The predicted molar refractivity (Wildman–Crippen MR) is 84.3 cm³/mol. The van der Waals surface area contributed by atoms with Crippen LogP contribution < -0.4 is 10.1 Å². The van der Waals surface area contributed by atoms with Gasteiger partial charge in [0.05, 0.1) is 17.2 Å². The van der Waals surface area contributed by atoms with Crippen molar-refractivity contribution in [2.45, 2.75) is 33.0 Å². The van der Waals surface area contributed by atoms with Crippen LogP contribution in [0.4, 0.5) is 0 Å². The van der Waals surface area contributed by atoms with Crippen molar-refractivity contribution in [1.29, 1.82) is 0 Å². The third kappa shape index (κ3) is 7.24. The van der Waals surface area contributed by atoms with Crippen molar-refractivity contribution in [1.82, 2.24) is 5.32 Å². The summed E-state index contributed by atoms with van der Waals surface area (Å²) in [6, 6.07) is 5.87. The summed E-state index contributed by atoms with van der Waals surface area (Å²) in [5, 5.41) is 13.0. The highest BCUT2D eigenvalue weighted by Gasteiger charge is 2.07. The zero-order chi connectivity index (χ0) is 15.0. The quantitative estimate of drug-likeness (QED) is 0.675. The number of ether oxygens (including phenoxy) is 2. The molecule has 1 aromatic rings. The lowest BCUT2D eigenvalue weighted by atomic mass is 10.2. The first-order chi connectivity index (χ1) is 9.49. The lowest BCUT2D eigenvalue weighted by Crippen LogP contribution is -2.33. The Morgan fingerprint density at radius 3 is 2.75 bits per heavy atom. The molecule has 0 saturated carbocycles. The summed E-state index contributed by atoms with van der Waals surface area (Å²) >= 11 is 3.45. The van der Waals surface area contributed by atoms with Gasteiger partial charge in [-0.3, -0.25) is 0 Å². The summed E-state index contributed by atoms with van der Waals surface area (Å²) in [4.78, 5) is 0. The molecule has 0 amide bonds. The van der Waals surface area contributed by atoms with Crippen LogP contribution in [0.5, 0.6) is 5.75 Å². The highest BCUT2D eigenvalue weighted by Crippen LogP contribution is 2.25. The van der Waals surface area contributed by atoms with Crippen LogP contribution in [0, 0.1) is 6.92 Å². The molecule has 1 rings (SSSR count). The monoisotopic (exact) mass is 345 g/mol. The molecule has 0 fully saturated rings. The van der Waals surface area contributed by atoms with Gasteiger partial charge in [0.1, 0.15) is 18.5 Å². The van der Waals surface area contributed by atoms with E-state index >= 15 is 0 Å². The Bertz CT molecular complexity index is 399. The van der Waals surface area contributed by atoms with E-state index in [0.717, 1.165) is 22.3 Å². The van der Waals surface area contributed by atoms with Crippen LogP contribution >= 0.6 is 15.9 Å². The summed E-state index contributed by atoms with van der Waals surface area (Å²) < 4.78 is 11.9. The molecular weight excluding hydrogens is 322 g/mol. The Kier molecular flexibility index (Phi) is 8.14. The standard InChI is InChI=1S/C15H24BrNO3/c1-11(2)19-7-6-17-9-13(18)10-20-15-5-4-12(3)8-14(15)16/h4-5,8,11,13,17-18H,6-7,9-10H2,1-3H3. The second-order valence-electron chi connectivity index (χ2n) is 5.02. The zero-order valence-electron chi connectivity index (χ0n) is 12.4. The van der Waals surface area contributed by atoms with Crippen LogP contribution in [-0.4, -0.2) is 43.6 Å². The molecule has 0 aliphatic rings. The van der Waals surface area contributed by atoms with Crippen LogP contribution in [0.25, 0.3) is 0 Å². The van der Waals surface area contributed by atoms with Crippen molar-refractivity contribution < 1.29 is 14.6 Å². The zero-order valence-corrected chi connectivity index (χ0v) is 13.9. The lowest BCUT2D eigenvalue weighted by molar-refractivity contribution is 0.0735. The maximum atomic E-state index is 9.82. The Balaban J connectivity index is 2.18. The normalized spacial score (nSPS) is 12.7. The number of aliphatic hydroxyl groups is 1. The van der Waals surface area contributed by atoms with E-state index in [-0.39, 0.29) is 12.7 Å². The minimum Gasteiger partial charge on any atom is -0.490 e. The minimum absolute atomic E-state index is 0.240.